The summed E-state index contributed by atoms with van der Waals surface area (Å²) in [5, 5.41) is 13.3. The van der Waals surface area contributed by atoms with Gasteiger partial charge in [0.2, 0.25) is 5.91 Å². The van der Waals surface area contributed by atoms with Crippen LogP contribution >= 0.6 is 0 Å². The molecule has 2 N–H and O–H groups in total. The Morgan fingerprint density at radius 1 is 1.50 bits per heavy atom. The Morgan fingerprint density at radius 3 is 2.56 bits per heavy atom. The predicted octanol–water partition coefficient (Wildman–Crippen LogP) is -0.881. The van der Waals surface area contributed by atoms with Crippen molar-refractivity contribution in [2.75, 3.05) is 40.8 Å². The van der Waals surface area contributed by atoms with Gasteiger partial charge in [0.05, 0.1) is 11.6 Å². The molecule has 1 amide bonds. The second kappa shape index (κ2) is 5.12. The van der Waals surface area contributed by atoms with Crippen LogP contribution in [0, 0.1) is 0 Å². The molecule has 94 valence electrons. The standard InChI is InChI=1S/C11H23N3O2/c1-9(10(15)13(2)3)14(4)8-11(16)5-6-12-7-11/h9,12,16H,5-8H2,1-4H3. The molecule has 5 nitrogen and oxygen atoms in total. The summed E-state index contributed by atoms with van der Waals surface area (Å²) in [5.41, 5.74) is -0.685. The predicted molar refractivity (Wildman–Crippen MR) is 63.2 cm³/mol. The van der Waals surface area contributed by atoms with Crippen LogP contribution in [0.5, 0.6) is 0 Å². The average Bonchev–Trinajstić information content (AvgIpc) is 2.62. The zero-order valence-corrected chi connectivity index (χ0v) is 10.7. The number of nitrogens with one attached hydrogen (secondary N) is 1. The second-order valence-corrected chi connectivity index (χ2v) is 4.97. The number of hydrogen-bond donors (Lipinski definition) is 2. The monoisotopic (exact) mass is 229 g/mol. The second-order valence-electron chi connectivity index (χ2n) is 4.97. The fourth-order valence-corrected chi connectivity index (χ4v) is 2.03. The Bertz CT molecular complexity index is 250. The van der Waals surface area contributed by atoms with Gasteiger partial charge in [-0.2, -0.15) is 0 Å². The van der Waals surface area contributed by atoms with Gasteiger partial charge in [0.25, 0.3) is 0 Å². The van der Waals surface area contributed by atoms with Gasteiger partial charge >= 0.3 is 0 Å². The minimum atomic E-state index is -0.685. The fourth-order valence-electron chi connectivity index (χ4n) is 2.03. The van der Waals surface area contributed by atoms with Gasteiger partial charge in [-0.3, -0.25) is 9.69 Å². The summed E-state index contributed by atoms with van der Waals surface area (Å²) < 4.78 is 0. The van der Waals surface area contributed by atoms with Crippen molar-refractivity contribution < 1.29 is 9.90 Å². The van der Waals surface area contributed by atoms with E-state index in [4.69, 9.17) is 0 Å². The van der Waals surface area contributed by atoms with Gasteiger partial charge in [-0.15, -0.1) is 0 Å². The molecule has 0 aromatic carbocycles. The summed E-state index contributed by atoms with van der Waals surface area (Å²) in [6.07, 6.45) is 0.750. The van der Waals surface area contributed by atoms with Gasteiger partial charge in [0.1, 0.15) is 0 Å². The lowest BCUT2D eigenvalue weighted by Gasteiger charge is -2.32. The summed E-state index contributed by atoms with van der Waals surface area (Å²) in [7, 11) is 5.37. The van der Waals surface area contributed by atoms with Crippen LogP contribution < -0.4 is 5.32 Å². The van der Waals surface area contributed by atoms with Crippen molar-refractivity contribution in [2.45, 2.75) is 25.0 Å². The first kappa shape index (κ1) is 13.4. The van der Waals surface area contributed by atoms with Gasteiger partial charge in [0, 0.05) is 27.2 Å². The van der Waals surface area contributed by atoms with E-state index < -0.39 is 5.60 Å². The SMILES string of the molecule is CC(C(=O)N(C)C)N(C)CC1(O)CCNC1. The molecule has 1 aliphatic heterocycles. The highest BCUT2D eigenvalue weighted by Gasteiger charge is 2.34. The van der Waals surface area contributed by atoms with Gasteiger partial charge in [0.15, 0.2) is 0 Å². The Morgan fingerprint density at radius 2 is 2.12 bits per heavy atom. The van der Waals surface area contributed by atoms with Gasteiger partial charge in [-0.1, -0.05) is 0 Å². The third-order valence-corrected chi connectivity index (χ3v) is 3.22. The van der Waals surface area contributed by atoms with Crippen LogP contribution in [0.25, 0.3) is 0 Å². The minimum Gasteiger partial charge on any atom is -0.387 e. The molecule has 16 heavy (non-hydrogen) atoms. The Labute approximate surface area is 97.4 Å². The largest absolute Gasteiger partial charge is 0.387 e. The number of carbonyl (C=O) groups is 1. The third-order valence-electron chi connectivity index (χ3n) is 3.22. The molecule has 1 saturated heterocycles. The molecule has 1 aliphatic rings. The number of likely N-dealkylation sites (N-methyl/N-ethyl adjacent to an activating group) is 2. The number of amides is 1. The molecule has 1 fully saturated rings. The maximum absolute atomic E-state index is 11.7. The van der Waals surface area contributed by atoms with Crippen LogP contribution in [0.2, 0.25) is 0 Å². The summed E-state index contributed by atoms with van der Waals surface area (Å²) in [4.78, 5) is 15.2. The number of carbonyl (C=O) groups excluding carboxylic acids is 1. The van der Waals surface area contributed by atoms with Crippen molar-refractivity contribution in [3.8, 4) is 0 Å². The van der Waals surface area contributed by atoms with Crippen molar-refractivity contribution >= 4 is 5.91 Å². The number of β-amino-alcohol motifs (C(OH)–C–C–N with tert-alkyl or cyclic N) is 1. The maximum atomic E-state index is 11.7. The van der Waals surface area contributed by atoms with E-state index in [-0.39, 0.29) is 11.9 Å². The van der Waals surface area contributed by atoms with Gasteiger partial charge in [-0.25, -0.2) is 0 Å². The molecule has 0 aromatic heterocycles. The highest BCUT2D eigenvalue weighted by Crippen LogP contribution is 2.16. The maximum Gasteiger partial charge on any atom is 0.239 e. The van der Waals surface area contributed by atoms with Crippen LogP contribution in [0.3, 0.4) is 0 Å². The van der Waals surface area contributed by atoms with Crippen LogP contribution in [-0.4, -0.2) is 73.2 Å². The van der Waals surface area contributed by atoms with E-state index in [1.165, 1.54) is 0 Å². The van der Waals surface area contributed by atoms with Crippen molar-refractivity contribution in [2.24, 2.45) is 0 Å². The Hall–Kier alpha value is -0.650. The molecule has 0 spiro atoms. The van der Waals surface area contributed by atoms with E-state index in [0.29, 0.717) is 13.1 Å². The van der Waals surface area contributed by atoms with Crippen LogP contribution in [0.1, 0.15) is 13.3 Å². The summed E-state index contributed by atoms with van der Waals surface area (Å²) in [5.74, 6) is 0.0667. The molecule has 0 saturated carbocycles. The van der Waals surface area contributed by atoms with Crippen LogP contribution in [0.15, 0.2) is 0 Å². The molecular weight excluding hydrogens is 206 g/mol. The number of aliphatic hydroxyl groups is 1. The molecule has 2 atom stereocenters. The highest BCUT2D eigenvalue weighted by molar-refractivity contribution is 5.80. The van der Waals surface area contributed by atoms with E-state index in [1.807, 2.05) is 18.9 Å². The molecular formula is C11H23N3O2. The lowest BCUT2D eigenvalue weighted by atomic mass is 10.0. The first-order chi connectivity index (χ1) is 7.36. The molecule has 0 aromatic rings. The molecule has 0 aliphatic carbocycles. The Balaban J connectivity index is 2.51. The van der Waals surface area contributed by atoms with Crippen molar-refractivity contribution in [3.05, 3.63) is 0 Å². The molecule has 5 heteroatoms. The van der Waals surface area contributed by atoms with Crippen molar-refractivity contribution in [1.82, 2.24) is 15.1 Å². The third kappa shape index (κ3) is 3.17. The zero-order valence-electron chi connectivity index (χ0n) is 10.7. The van der Waals surface area contributed by atoms with Gasteiger partial charge < -0.3 is 15.3 Å². The summed E-state index contributed by atoms with van der Waals surface area (Å²) >= 11 is 0. The summed E-state index contributed by atoms with van der Waals surface area (Å²) in [6, 6.07) is -0.195. The minimum absolute atomic E-state index is 0.0667. The van der Waals surface area contributed by atoms with E-state index in [0.717, 1.165) is 13.0 Å². The quantitative estimate of drug-likeness (QED) is 0.657. The topological polar surface area (TPSA) is 55.8 Å². The van der Waals surface area contributed by atoms with E-state index >= 15 is 0 Å². The van der Waals surface area contributed by atoms with Crippen molar-refractivity contribution in [3.63, 3.8) is 0 Å². The number of rotatable bonds is 4. The van der Waals surface area contributed by atoms with E-state index in [9.17, 15) is 9.90 Å². The first-order valence-electron chi connectivity index (χ1n) is 5.70. The van der Waals surface area contributed by atoms with Crippen LogP contribution in [-0.2, 0) is 4.79 Å². The fraction of sp³-hybridized carbons (Fsp3) is 0.909. The Kier molecular flexibility index (Phi) is 4.29. The summed E-state index contributed by atoms with van der Waals surface area (Å²) in [6.45, 7) is 3.86. The van der Waals surface area contributed by atoms with Crippen LogP contribution in [0.4, 0.5) is 0 Å². The number of hydrogen-bond acceptors (Lipinski definition) is 4. The molecule has 0 bridgehead atoms. The zero-order chi connectivity index (χ0) is 12.3. The lowest BCUT2D eigenvalue weighted by Crippen LogP contribution is -2.50. The highest BCUT2D eigenvalue weighted by atomic mass is 16.3. The molecule has 1 heterocycles. The first-order valence-corrected chi connectivity index (χ1v) is 5.70. The smallest absolute Gasteiger partial charge is 0.239 e. The number of nitrogens with zero attached hydrogens (tertiary/aromatic N) is 2. The molecule has 2 unspecified atom stereocenters. The van der Waals surface area contributed by atoms with Crippen molar-refractivity contribution in [1.29, 1.82) is 0 Å². The van der Waals surface area contributed by atoms with E-state index in [2.05, 4.69) is 5.32 Å². The average molecular weight is 229 g/mol. The molecule has 1 rings (SSSR count). The molecule has 0 radical (unpaired) electrons. The lowest BCUT2D eigenvalue weighted by molar-refractivity contribution is -0.134. The van der Waals surface area contributed by atoms with Gasteiger partial charge in [-0.05, 0) is 26.9 Å². The van der Waals surface area contributed by atoms with E-state index in [1.54, 1.807) is 19.0 Å². The normalized spacial score (nSPS) is 27.1.